The van der Waals surface area contributed by atoms with Gasteiger partial charge in [0.15, 0.2) is 6.10 Å². The van der Waals surface area contributed by atoms with Crippen molar-refractivity contribution in [3.63, 3.8) is 0 Å². The van der Waals surface area contributed by atoms with Gasteiger partial charge >= 0.3 is 5.97 Å². The van der Waals surface area contributed by atoms with Crippen LogP contribution in [0.4, 0.5) is 5.69 Å². The van der Waals surface area contributed by atoms with Gasteiger partial charge in [0, 0.05) is 24.7 Å². The predicted octanol–water partition coefficient (Wildman–Crippen LogP) is 2.85. The molecule has 0 aliphatic carbocycles. The van der Waals surface area contributed by atoms with Crippen molar-refractivity contribution in [1.29, 1.82) is 0 Å². The number of carbonyl (C=O) groups excluding carboxylic acids is 2. The van der Waals surface area contributed by atoms with Crippen LogP contribution in [0.15, 0.2) is 18.2 Å². The zero-order chi connectivity index (χ0) is 17.7. The largest absolute Gasteiger partial charge is 0.449 e. The Morgan fingerprint density at radius 2 is 1.83 bits per heavy atom. The third-order valence-corrected chi connectivity index (χ3v) is 4.27. The highest BCUT2D eigenvalue weighted by atomic mass is 16.6. The molecular weight excluding hydrogens is 312 g/mol. The summed E-state index contributed by atoms with van der Waals surface area (Å²) in [7, 11) is 0. The van der Waals surface area contributed by atoms with Crippen molar-refractivity contribution in [3.8, 4) is 0 Å². The summed E-state index contributed by atoms with van der Waals surface area (Å²) < 4.78 is 5.26. The second kappa shape index (κ2) is 7.90. The van der Waals surface area contributed by atoms with Crippen molar-refractivity contribution in [3.05, 3.63) is 39.4 Å². The number of esters is 1. The summed E-state index contributed by atoms with van der Waals surface area (Å²) in [5.74, 6) is -0.930. The molecule has 0 saturated carbocycles. The fourth-order valence-electron chi connectivity index (χ4n) is 2.87. The number of amides is 1. The Morgan fingerprint density at radius 1 is 1.21 bits per heavy atom. The first-order chi connectivity index (χ1) is 11.4. The van der Waals surface area contributed by atoms with Gasteiger partial charge in [-0.15, -0.1) is 0 Å². The first-order valence-electron chi connectivity index (χ1n) is 8.15. The lowest BCUT2D eigenvalue weighted by atomic mass is 10.1. The Morgan fingerprint density at radius 3 is 2.42 bits per heavy atom. The monoisotopic (exact) mass is 334 g/mol. The number of hydrogen-bond acceptors (Lipinski definition) is 5. The molecule has 1 heterocycles. The van der Waals surface area contributed by atoms with E-state index in [1.165, 1.54) is 32.0 Å². The maximum absolute atomic E-state index is 12.4. The van der Waals surface area contributed by atoms with Gasteiger partial charge in [0.25, 0.3) is 11.6 Å². The molecule has 24 heavy (non-hydrogen) atoms. The third kappa shape index (κ3) is 4.10. The number of nitrogens with zero attached hydrogens (tertiary/aromatic N) is 2. The molecule has 0 N–H and O–H groups in total. The van der Waals surface area contributed by atoms with Crippen LogP contribution < -0.4 is 0 Å². The number of ether oxygens (including phenoxy) is 1. The van der Waals surface area contributed by atoms with Gasteiger partial charge in [-0.05, 0) is 32.8 Å². The molecule has 1 unspecified atom stereocenters. The van der Waals surface area contributed by atoms with E-state index in [4.69, 9.17) is 4.74 Å². The van der Waals surface area contributed by atoms with Crippen LogP contribution >= 0.6 is 0 Å². The molecule has 7 heteroatoms. The van der Waals surface area contributed by atoms with Crippen LogP contribution in [0.5, 0.6) is 0 Å². The Bertz CT molecular complexity index is 636. The molecule has 0 radical (unpaired) electrons. The van der Waals surface area contributed by atoms with Gasteiger partial charge in [0.2, 0.25) is 0 Å². The van der Waals surface area contributed by atoms with E-state index in [0.29, 0.717) is 13.1 Å². The molecular formula is C17H22N2O5. The summed E-state index contributed by atoms with van der Waals surface area (Å²) in [4.78, 5) is 36.9. The Hall–Kier alpha value is -2.44. The molecule has 1 aromatic rings. The van der Waals surface area contributed by atoms with Gasteiger partial charge in [-0.2, -0.15) is 0 Å². The number of hydrogen-bond donors (Lipinski definition) is 0. The highest BCUT2D eigenvalue weighted by Gasteiger charge is 2.26. The molecule has 1 saturated heterocycles. The normalized spacial score (nSPS) is 16.2. The first kappa shape index (κ1) is 17.9. The Labute approximate surface area is 140 Å². The number of nitro benzene ring substituents is 1. The van der Waals surface area contributed by atoms with Crippen molar-refractivity contribution in [2.45, 2.75) is 45.6 Å². The molecule has 1 aliphatic heterocycles. The third-order valence-electron chi connectivity index (χ3n) is 4.27. The SMILES string of the molecule is Cc1c(C(=O)OC(C)C(=O)N2CCCCCC2)cccc1[N+](=O)[O-]. The molecule has 1 fully saturated rings. The van der Waals surface area contributed by atoms with Crippen LogP contribution in [0, 0.1) is 17.0 Å². The fraction of sp³-hybridized carbons (Fsp3) is 0.529. The molecule has 1 aliphatic rings. The molecule has 0 bridgehead atoms. The highest BCUT2D eigenvalue weighted by Crippen LogP contribution is 2.22. The van der Waals surface area contributed by atoms with E-state index in [1.807, 2.05) is 0 Å². The van der Waals surface area contributed by atoms with Crippen LogP contribution in [-0.4, -0.2) is 40.9 Å². The maximum atomic E-state index is 12.4. The molecule has 1 amide bonds. The molecule has 2 rings (SSSR count). The standard InChI is InChI=1S/C17H22N2O5/c1-12-14(8-7-9-15(12)19(22)23)17(21)24-13(2)16(20)18-10-5-3-4-6-11-18/h7-9,13H,3-6,10-11H2,1-2H3. The van der Waals surface area contributed by atoms with Crippen LogP contribution in [0.3, 0.4) is 0 Å². The average Bonchev–Trinajstić information content (AvgIpc) is 2.83. The molecule has 0 aromatic heterocycles. The molecule has 7 nitrogen and oxygen atoms in total. The summed E-state index contributed by atoms with van der Waals surface area (Å²) in [5, 5.41) is 11.0. The van der Waals surface area contributed by atoms with E-state index in [0.717, 1.165) is 25.7 Å². The first-order valence-corrected chi connectivity index (χ1v) is 8.15. The second-order valence-electron chi connectivity index (χ2n) is 5.99. The topological polar surface area (TPSA) is 89.8 Å². The summed E-state index contributed by atoms with van der Waals surface area (Å²) in [6, 6.07) is 4.23. The van der Waals surface area contributed by atoms with Crippen molar-refractivity contribution in [2.75, 3.05) is 13.1 Å². The van der Waals surface area contributed by atoms with Gasteiger partial charge in [-0.1, -0.05) is 18.9 Å². The van der Waals surface area contributed by atoms with Crippen LogP contribution in [0.1, 0.15) is 48.5 Å². The summed E-state index contributed by atoms with van der Waals surface area (Å²) >= 11 is 0. The second-order valence-corrected chi connectivity index (χ2v) is 5.99. The van der Waals surface area contributed by atoms with E-state index in [-0.39, 0.29) is 22.7 Å². The van der Waals surface area contributed by atoms with E-state index >= 15 is 0 Å². The predicted molar refractivity (Wildman–Crippen MR) is 87.8 cm³/mol. The average molecular weight is 334 g/mol. The van der Waals surface area contributed by atoms with Gasteiger partial charge in [0.1, 0.15) is 0 Å². The highest BCUT2D eigenvalue weighted by molar-refractivity contribution is 5.94. The quantitative estimate of drug-likeness (QED) is 0.480. The number of carbonyl (C=O) groups is 2. The lowest BCUT2D eigenvalue weighted by Gasteiger charge is -2.24. The van der Waals surface area contributed by atoms with Gasteiger partial charge in [0.05, 0.1) is 10.5 Å². The van der Waals surface area contributed by atoms with Crippen molar-refractivity contribution >= 4 is 17.6 Å². The van der Waals surface area contributed by atoms with Crippen molar-refractivity contribution in [2.24, 2.45) is 0 Å². The number of rotatable bonds is 4. The van der Waals surface area contributed by atoms with Gasteiger partial charge in [-0.25, -0.2) is 4.79 Å². The summed E-state index contributed by atoms with van der Waals surface area (Å²) in [6.07, 6.45) is 3.21. The van der Waals surface area contributed by atoms with Crippen LogP contribution in [-0.2, 0) is 9.53 Å². The minimum atomic E-state index is -0.908. The van der Waals surface area contributed by atoms with E-state index in [9.17, 15) is 19.7 Å². The lowest BCUT2D eigenvalue weighted by molar-refractivity contribution is -0.385. The number of likely N-dealkylation sites (tertiary alicyclic amines) is 1. The van der Waals surface area contributed by atoms with Crippen molar-refractivity contribution < 1.29 is 19.2 Å². The fourth-order valence-corrected chi connectivity index (χ4v) is 2.87. The summed E-state index contributed by atoms with van der Waals surface area (Å²) in [6.45, 7) is 4.39. The Balaban J connectivity index is 2.07. The number of benzene rings is 1. The number of nitro groups is 1. The molecule has 130 valence electrons. The lowest BCUT2D eigenvalue weighted by Crippen LogP contribution is -2.40. The minimum Gasteiger partial charge on any atom is -0.449 e. The zero-order valence-corrected chi connectivity index (χ0v) is 14.0. The maximum Gasteiger partial charge on any atom is 0.339 e. The van der Waals surface area contributed by atoms with Gasteiger partial charge in [-0.3, -0.25) is 14.9 Å². The minimum absolute atomic E-state index is 0.111. The molecule has 0 spiro atoms. The van der Waals surface area contributed by atoms with E-state index < -0.39 is 17.0 Å². The molecule has 1 aromatic carbocycles. The zero-order valence-electron chi connectivity index (χ0n) is 14.0. The van der Waals surface area contributed by atoms with Crippen LogP contribution in [0.2, 0.25) is 0 Å². The van der Waals surface area contributed by atoms with Crippen LogP contribution in [0.25, 0.3) is 0 Å². The van der Waals surface area contributed by atoms with Crippen molar-refractivity contribution in [1.82, 2.24) is 4.90 Å². The molecule has 1 atom stereocenters. The Kier molecular flexibility index (Phi) is 5.89. The smallest absolute Gasteiger partial charge is 0.339 e. The van der Waals surface area contributed by atoms with E-state index in [1.54, 1.807) is 4.90 Å². The van der Waals surface area contributed by atoms with E-state index in [2.05, 4.69) is 0 Å². The van der Waals surface area contributed by atoms with Gasteiger partial charge < -0.3 is 9.64 Å². The summed E-state index contributed by atoms with van der Waals surface area (Å²) in [5.41, 5.74) is 0.206.